The Kier molecular flexibility index (Phi) is 7.90. The fourth-order valence-corrected chi connectivity index (χ4v) is 5.59. The smallest absolute Gasteiger partial charge is 0.449 e. The van der Waals surface area contributed by atoms with Gasteiger partial charge in [-0.2, -0.15) is 13.2 Å². The fraction of sp³-hybridized carbons (Fsp3) is 0.476. The second kappa shape index (κ2) is 10.5. The Balaban J connectivity index is 1.57. The largest absolute Gasteiger partial charge is 0.490 e. The SMILES string of the molecule is C[C@@]1(F)[C@H](OC(=O)C(F)(F)F)[C@@H](COP2(=O)OCCC(c3cccc(Cl)c3)O2)O[C@H]1n1ccc(=O)[nH]c1=O. The van der Waals surface area contributed by atoms with Crippen molar-refractivity contribution in [1.82, 2.24) is 9.55 Å². The van der Waals surface area contributed by atoms with E-state index in [9.17, 15) is 32.1 Å². The number of benzene rings is 1. The van der Waals surface area contributed by atoms with E-state index in [0.717, 1.165) is 19.2 Å². The van der Waals surface area contributed by atoms with Crippen LogP contribution in [0.3, 0.4) is 0 Å². The summed E-state index contributed by atoms with van der Waals surface area (Å²) in [4.78, 5) is 37.0. The van der Waals surface area contributed by atoms with Gasteiger partial charge in [0.2, 0.25) is 0 Å². The molecule has 2 fully saturated rings. The first kappa shape index (κ1) is 28.5. The zero-order valence-corrected chi connectivity index (χ0v) is 21.0. The number of rotatable bonds is 6. The van der Waals surface area contributed by atoms with Crippen LogP contribution in [-0.4, -0.2) is 52.8 Å². The lowest BCUT2D eigenvalue weighted by Gasteiger charge is -2.30. The highest BCUT2D eigenvalue weighted by molar-refractivity contribution is 7.48. The first-order valence-electron chi connectivity index (χ1n) is 11.0. The number of ether oxygens (including phenoxy) is 2. The number of hydrogen-bond acceptors (Lipinski definition) is 9. The molecule has 4 rings (SSSR count). The molecule has 0 spiro atoms. The van der Waals surface area contributed by atoms with E-state index in [1.807, 2.05) is 4.98 Å². The lowest BCUT2D eigenvalue weighted by atomic mass is 9.98. The van der Waals surface area contributed by atoms with Crippen LogP contribution < -0.4 is 11.2 Å². The molecule has 0 saturated carbocycles. The van der Waals surface area contributed by atoms with Crippen LogP contribution in [0, 0.1) is 0 Å². The summed E-state index contributed by atoms with van der Waals surface area (Å²) in [7, 11) is -4.37. The van der Waals surface area contributed by atoms with Crippen molar-refractivity contribution in [3.63, 3.8) is 0 Å². The summed E-state index contributed by atoms with van der Waals surface area (Å²) in [5.74, 6) is -2.73. The number of esters is 1. The quantitative estimate of drug-likeness (QED) is 0.306. The maximum absolute atomic E-state index is 15.9. The van der Waals surface area contributed by atoms with Gasteiger partial charge in [0, 0.05) is 23.7 Å². The van der Waals surface area contributed by atoms with Gasteiger partial charge in [-0.15, -0.1) is 0 Å². The molecule has 2 aliphatic heterocycles. The molecular weight excluding hydrogens is 567 g/mol. The maximum Gasteiger partial charge on any atom is 0.490 e. The molecule has 1 aromatic heterocycles. The summed E-state index contributed by atoms with van der Waals surface area (Å²) in [6.45, 7) is -0.291. The van der Waals surface area contributed by atoms with Gasteiger partial charge in [0.25, 0.3) is 5.56 Å². The molecule has 2 aliphatic rings. The van der Waals surface area contributed by atoms with Crippen molar-refractivity contribution in [1.29, 1.82) is 0 Å². The predicted molar refractivity (Wildman–Crippen MR) is 120 cm³/mol. The van der Waals surface area contributed by atoms with E-state index in [0.29, 0.717) is 15.2 Å². The number of carbonyl (C=O) groups excluding carboxylic acids is 1. The Morgan fingerprint density at radius 3 is 2.71 bits per heavy atom. The molecule has 17 heteroatoms. The topological polar surface area (TPSA) is 135 Å². The molecule has 38 heavy (non-hydrogen) atoms. The summed E-state index contributed by atoms with van der Waals surface area (Å²) in [5, 5.41) is 0.382. The molecule has 1 aromatic carbocycles. The Labute approximate surface area is 216 Å². The second-order valence-corrected chi connectivity index (χ2v) is 10.6. The number of H-pyrrole nitrogens is 1. The van der Waals surface area contributed by atoms with Crippen LogP contribution in [0.2, 0.25) is 5.02 Å². The van der Waals surface area contributed by atoms with Gasteiger partial charge < -0.3 is 9.47 Å². The average Bonchev–Trinajstić information content (AvgIpc) is 3.07. The van der Waals surface area contributed by atoms with Crippen LogP contribution in [0.5, 0.6) is 0 Å². The summed E-state index contributed by atoms with van der Waals surface area (Å²) in [6.07, 6.45) is -11.2. The predicted octanol–water partition coefficient (Wildman–Crippen LogP) is 3.59. The van der Waals surface area contributed by atoms with Crippen LogP contribution in [0.1, 0.15) is 31.2 Å². The minimum Gasteiger partial charge on any atom is -0.449 e. The van der Waals surface area contributed by atoms with E-state index in [2.05, 4.69) is 4.74 Å². The number of nitrogens with zero attached hydrogens (tertiary/aromatic N) is 1. The molecule has 0 radical (unpaired) electrons. The normalized spacial score (nSPS) is 31.7. The van der Waals surface area contributed by atoms with E-state index in [1.165, 1.54) is 0 Å². The van der Waals surface area contributed by atoms with E-state index in [4.69, 9.17) is 29.9 Å². The Morgan fingerprint density at radius 2 is 2.05 bits per heavy atom. The number of aromatic amines is 1. The third-order valence-electron chi connectivity index (χ3n) is 5.75. The molecular formula is C21H20ClF4N2O9P. The minimum atomic E-state index is -5.49. The van der Waals surface area contributed by atoms with Crippen LogP contribution >= 0.6 is 19.4 Å². The maximum atomic E-state index is 15.9. The van der Waals surface area contributed by atoms with Crippen molar-refractivity contribution in [3.05, 3.63) is 68.0 Å². The molecule has 0 amide bonds. The van der Waals surface area contributed by atoms with Gasteiger partial charge in [0.05, 0.1) is 19.3 Å². The number of aromatic nitrogens is 2. The zero-order chi connectivity index (χ0) is 27.9. The van der Waals surface area contributed by atoms with E-state index < -0.39 is 68.0 Å². The van der Waals surface area contributed by atoms with Crippen molar-refractivity contribution >= 4 is 25.4 Å². The molecule has 2 aromatic rings. The zero-order valence-electron chi connectivity index (χ0n) is 19.4. The van der Waals surface area contributed by atoms with Gasteiger partial charge >= 0.3 is 25.7 Å². The minimum absolute atomic E-state index is 0.0946. The molecule has 208 valence electrons. The first-order valence-corrected chi connectivity index (χ1v) is 12.8. The van der Waals surface area contributed by atoms with Crippen molar-refractivity contribution < 1.29 is 50.0 Å². The van der Waals surface area contributed by atoms with Crippen molar-refractivity contribution in [2.24, 2.45) is 0 Å². The highest BCUT2D eigenvalue weighted by Crippen LogP contribution is 2.57. The van der Waals surface area contributed by atoms with Crippen LogP contribution in [0.4, 0.5) is 17.6 Å². The van der Waals surface area contributed by atoms with E-state index in [1.54, 1.807) is 24.3 Å². The molecule has 3 heterocycles. The van der Waals surface area contributed by atoms with Crippen molar-refractivity contribution in [3.8, 4) is 0 Å². The number of phosphoric acid groups is 1. The van der Waals surface area contributed by atoms with Crippen LogP contribution in [0.15, 0.2) is 46.1 Å². The number of carbonyl (C=O) groups is 1. The molecule has 1 N–H and O–H groups in total. The van der Waals surface area contributed by atoms with Crippen LogP contribution in [-0.2, 0) is 32.4 Å². The Hall–Kier alpha value is -2.55. The van der Waals surface area contributed by atoms with Crippen molar-refractivity contribution in [2.45, 2.75) is 49.7 Å². The molecule has 11 nitrogen and oxygen atoms in total. The Morgan fingerprint density at radius 1 is 1.32 bits per heavy atom. The second-order valence-electron chi connectivity index (χ2n) is 8.53. The van der Waals surface area contributed by atoms with Gasteiger partial charge in [0.15, 0.2) is 18.0 Å². The van der Waals surface area contributed by atoms with Gasteiger partial charge in [0.1, 0.15) is 6.10 Å². The monoisotopic (exact) mass is 586 g/mol. The number of halogens is 5. The summed E-state index contributed by atoms with van der Waals surface area (Å²) in [6, 6.07) is 7.31. The highest BCUT2D eigenvalue weighted by atomic mass is 35.5. The fourth-order valence-electron chi connectivity index (χ4n) is 4.00. The van der Waals surface area contributed by atoms with Gasteiger partial charge in [-0.1, -0.05) is 23.7 Å². The third kappa shape index (κ3) is 6.03. The molecule has 2 saturated heterocycles. The summed E-state index contributed by atoms with van der Waals surface area (Å²) >= 11 is 5.98. The van der Waals surface area contributed by atoms with E-state index in [-0.39, 0.29) is 13.0 Å². The standard InChI is InChI=1S/C21H20ClF4N2O9P/c1-20(23)16(36-18(30)21(24,25)26)14(35-17(20)28-7-5-15(29)27-19(28)31)10-34-38(32)33-8-6-13(37-38)11-3-2-4-12(22)9-11/h2-5,7,9,13-14,16-17H,6,8,10H2,1H3,(H,27,29,31)/t13?,14-,16-,17-,20-,38?/m1/s1. The lowest BCUT2D eigenvalue weighted by molar-refractivity contribution is -0.211. The van der Waals surface area contributed by atoms with Crippen molar-refractivity contribution in [2.75, 3.05) is 13.2 Å². The summed E-state index contributed by atoms with van der Waals surface area (Å²) < 4.78 is 93.9. The van der Waals surface area contributed by atoms with Crippen LogP contribution in [0.25, 0.3) is 0 Å². The number of alkyl halides is 4. The first-order chi connectivity index (χ1) is 17.7. The Bertz CT molecular complexity index is 1360. The molecule has 0 aliphatic carbocycles. The molecule has 6 atom stereocenters. The number of hydrogen-bond donors (Lipinski definition) is 1. The number of nitrogens with one attached hydrogen (secondary N) is 1. The molecule has 2 unspecified atom stereocenters. The molecule has 0 bridgehead atoms. The van der Waals surface area contributed by atoms with Gasteiger partial charge in [-0.3, -0.25) is 27.9 Å². The lowest BCUT2D eigenvalue weighted by Crippen LogP contribution is -2.47. The third-order valence-corrected chi connectivity index (χ3v) is 7.46. The highest BCUT2D eigenvalue weighted by Gasteiger charge is 2.60. The number of phosphoric ester groups is 1. The average molecular weight is 587 g/mol. The van der Waals surface area contributed by atoms with Gasteiger partial charge in [-0.25, -0.2) is 18.5 Å². The van der Waals surface area contributed by atoms with E-state index >= 15 is 4.39 Å². The van der Waals surface area contributed by atoms with Gasteiger partial charge in [-0.05, 0) is 24.6 Å². The summed E-state index contributed by atoms with van der Waals surface area (Å²) in [5.41, 5.74) is -4.38.